The van der Waals surface area contributed by atoms with E-state index in [1.807, 2.05) is 22.8 Å². The summed E-state index contributed by atoms with van der Waals surface area (Å²) < 4.78 is 10.8. The summed E-state index contributed by atoms with van der Waals surface area (Å²) in [7, 11) is 3.17. The molecule has 1 aliphatic carbocycles. The maximum atomic E-state index is 13.1. The molecule has 0 unspecified atom stereocenters. The highest BCUT2D eigenvalue weighted by atomic mass is 16.5. The van der Waals surface area contributed by atoms with Crippen molar-refractivity contribution in [3.63, 3.8) is 0 Å². The summed E-state index contributed by atoms with van der Waals surface area (Å²) in [4.78, 5) is 29.6. The van der Waals surface area contributed by atoms with Crippen LogP contribution in [-0.2, 0) is 4.79 Å². The Morgan fingerprint density at radius 1 is 0.889 bits per heavy atom. The van der Waals surface area contributed by atoms with Crippen LogP contribution in [-0.4, -0.2) is 62.0 Å². The van der Waals surface area contributed by atoms with Crippen molar-refractivity contribution in [2.24, 2.45) is 5.92 Å². The fourth-order valence-electron chi connectivity index (χ4n) is 4.16. The number of amides is 2. The minimum absolute atomic E-state index is 0.0692. The predicted octanol–water partition coefficient (Wildman–Crippen LogP) is 2.88. The van der Waals surface area contributed by atoms with Crippen LogP contribution in [0.3, 0.4) is 0 Å². The van der Waals surface area contributed by atoms with Crippen molar-refractivity contribution in [1.82, 2.24) is 9.80 Å². The minimum Gasteiger partial charge on any atom is -0.496 e. The maximum absolute atomic E-state index is 13.1. The summed E-state index contributed by atoms with van der Waals surface area (Å²) in [6.07, 6.45) is 5.14. The zero-order valence-electron chi connectivity index (χ0n) is 16.6. The summed E-state index contributed by atoms with van der Waals surface area (Å²) in [6, 6.07) is 3.59. The van der Waals surface area contributed by atoms with Crippen LogP contribution in [0.1, 0.15) is 48.0 Å². The van der Waals surface area contributed by atoms with Gasteiger partial charge in [0.25, 0.3) is 5.91 Å². The fourth-order valence-corrected chi connectivity index (χ4v) is 4.16. The van der Waals surface area contributed by atoms with Gasteiger partial charge in [-0.15, -0.1) is 0 Å². The summed E-state index contributed by atoms with van der Waals surface area (Å²) in [5.74, 6) is 1.62. The number of hydrogen-bond acceptors (Lipinski definition) is 4. The Balaban J connectivity index is 1.72. The summed E-state index contributed by atoms with van der Waals surface area (Å²) in [5, 5.41) is 0. The van der Waals surface area contributed by atoms with E-state index < -0.39 is 0 Å². The molecule has 0 aromatic heterocycles. The molecule has 0 spiro atoms. The van der Waals surface area contributed by atoms with Gasteiger partial charge >= 0.3 is 0 Å². The number of aryl methyl sites for hydroxylation is 1. The van der Waals surface area contributed by atoms with Gasteiger partial charge in [0.1, 0.15) is 11.5 Å². The van der Waals surface area contributed by atoms with Gasteiger partial charge in [-0.1, -0.05) is 12.8 Å². The molecule has 0 N–H and O–H groups in total. The zero-order valence-corrected chi connectivity index (χ0v) is 16.6. The third kappa shape index (κ3) is 4.20. The lowest BCUT2D eigenvalue weighted by Gasteiger charge is -2.25. The third-order valence-corrected chi connectivity index (χ3v) is 5.75. The second-order valence-corrected chi connectivity index (χ2v) is 7.47. The summed E-state index contributed by atoms with van der Waals surface area (Å²) in [5.41, 5.74) is 1.44. The van der Waals surface area contributed by atoms with E-state index in [1.54, 1.807) is 20.3 Å². The highest BCUT2D eigenvalue weighted by Crippen LogP contribution is 2.30. The lowest BCUT2D eigenvalue weighted by atomic mass is 10.1. The van der Waals surface area contributed by atoms with Gasteiger partial charge in [0.2, 0.25) is 5.91 Å². The highest BCUT2D eigenvalue weighted by Gasteiger charge is 2.30. The molecule has 1 saturated heterocycles. The topological polar surface area (TPSA) is 59.1 Å². The molecule has 1 aromatic carbocycles. The number of nitrogens with zero attached hydrogens (tertiary/aromatic N) is 2. The number of methoxy groups -OCH3 is 2. The third-order valence-electron chi connectivity index (χ3n) is 5.75. The smallest absolute Gasteiger partial charge is 0.257 e. The normalized spacial score (nSPS) is 18.3. The van der Waals surface area contributed by atoms with Crippen LogP contribution >= 0.6 is 0 Å². The van der Waals surface area contributed by atoms with E-state index >= 15 is 0 Å². The van der Waals surface area contributed by atoms with Crippen molar-refractivity contribution in [2.75, 3.05) is 40.4 Å². The molecular formula is C21H30N2O4. The van der Waals surface area contributed by atoms with Gasteiger partial charge in [-0.2, -0.15) is 0 Å². The van der Waals surface area contributed by atoms with Crippen molar-refractivity contribution < 1.29 is 19.1 Å². The van der Waals surface area contributed by atoms with Crippen molar-refractivity contribution in [1.29, 1.82) is 0 Å². The van der Waals surface area contributed by atoms with E-state index in [4.69, 9.17) is 9.47 Å². The lowest BCUT2D eigenvalue weighted by Crippen LogP contribution is -2.39. The standard InChI is InChI=1S/C21H30N2O4/c1-15-13-19(27-3)17(14-18(15)26-2)21(25)23-10-6-9-22(11-12-23)20(24)16-7-4-5-8-16/h13-14,16H,4-12H2,1-3H3. The first-order chi connectivity index (χ1) is 13.0. The lowest BCUT2D eigenvalue weighted by molar-refractivity contribution is -0.135. The van der Waals surface area contributed by atoms with E-state index in [1.165, 1.54) is 0 Å². The van der Waals surface area contributed by atoms with Gasteiger partial charge < -0.3 is 19.3 Å². The molecule has 3 rings (SSSR count). The molecule has 0 atom stereocenters. The number of carbonyl (C=O) groups is 2. The van der Waals surface area contributed by atoms with Gasteiger partial charge in [0.15, 0.2) is 0 Å². The van der Waals surface area contributed by atoms with E-state index in [0.717, 1.165) is 44.2 Å². The molecule has 0 radical (unpaired) electrons. The average molecular weight is 374 g/mol. The Hall–Kier alpha value is -2.24. The molecule has 1 saturated carbocycles. The molecule has 1 aliphatic heterocycles. The minimum atomic E-state index is -0.0692. The maximum Gasteiger partial charge on any atom is 0.257 e. The van der Waals surface area contributed by atoms with Gasteiger partial charge in [-0.05, 0) is 43.9 Å². The van der Waals surface area contributed by atoms with Crippen molar-refractivity contribution >= 4 is 11.8 Å². The number of ether oxygens (including phenoxy) is 2. The molecule has 2 aliphatic rings. The van der Waals surface area contributed by atoms with Gasteiger partial charge in [-0.25, -0.2) is 0 Å². The Kier molecular flexibility index (Phi) is 6.24. The molecule has 0 bridgehead atoms. The Labute approximate surface area is 161 Å². The first-order valence-corrected chi connectivity index (χ1v) is 9.85. The van der Waals surface area contributed by atoms with Crippen LogP contribution < -0.4 is 9.47 Å². The Morgan fingerprint density at radius 2 is 1.52 bits per heavy atom. The molecule has 148 valence electrons. The first-order valence-electron chi connectivity index (χ1n) is 9.85. The zero-order chi connectivity index (χ0) is 19.4. The number of benzene rings is 1. The van der Waals surface area contributed by atoms with Crippen LogP contribution in [0, 0.1) is 12.8 Å². The van der Waals surface area contributed by atoms with Crippen molar-refractivity contribution in [3.8, 4) is 11.5 Å². The Bertz CT molecular complexity index is 698. The number of hydrogen-bond donors (Lipinski definition) is 0. The molecule has 2 fully saturated rings. The van der Waals surface area contributed by atoms with E-state index in [9.17, 15) is 9.59 Å². The molecule has 6 heteroatoms. The van der Waals surface area contributed by atoms with E-state index in [2.05, 4.69) is 0 Å². The van der Waals surface area contributed by atoms with Gasteiger partial charge in [0, 0.05) is 32.1 Å². The fraction of sp³-hybridized carbons (Fsp3) is 0.619. The van der Waals surface area contributed by atoms with E-state index in [0.29, 0.717) is 36.7 Å². The summed E-state index contributed by atoms with van der Waals surface area (Å²) >= 11 is 0. The highest BCUT2D eigenvalue weighted by molar-refractivity contribution is 5.97. The second-order valence-electron chi connectivity index (χ2n) is 7.47. The molecule has 1 aromatic rings. The monoisotopic (exact) mass is 374 g/mol. The molecular weight excluding hydrogens is 344 g/mol. The second kappa shape index (κ2) is 8.63. The predicted molar refractivity (Wildman–Crippen MR) is 103 cm³/mol. The van der Waals surface area contributed by atoms with Crippen LogP contribution in [0.2, 0.25) is 0 Å². The van der Waals surface area contributed by atoms with E-state index in [-0.39, 0.29) is 17.7 Å². The quantitative estimate of drug-likeness (QED) is 0.813. The number of carbonyl (C=O) groups excluding carboxylic acids is 2. The molecule has 2 amide bonds. The van der Waals surface area contributed by atoms with Crippen LogP contribution in [0.15, 0.2) is 12.1 Å². The molecule has 1 heterocycles. The van der Waals surface area contributed by atoms with Crippen molar-refractivity contribution in [3.05, 3.63) is 23.3 Å². The summed E-state index contributed by atoms with van der Waals surface area (Å²) in [6.45, 7) is 4.46. The van der Waals surface area contributed by atoms with Gasteiger partial charge in [0.05, 0.1) is 19.8 Å². The van der Waals surface area contributed by atoms with Crippen LogP contribution in [0.5, 0.6) is 11.5 Å². The van der Waals surface area contributed by atoms with Gasteiger partial charge in [-0.3, -0.25) is 9.59 Å². The number of rotatable bonds is 4. The SMILES string of the molecule is COc1cc(C(=O)N2CCCN(C(=O)C3CCCC3)CC2)c(OC)cc1C. The van der Waals surface area contributed by atoms with Crippen LogP contribution in [0.25, 0.3) is 0 Å². The molecule has 27 heavy (non-hydrogen) atoms. The molecule has 6 nitrogen and oxygen atoms in total. The van der Waals surface area contributed by atoms with Crippen molar-refractivity contribution in [2.45, 2.75) is 39.0 Å². The largest absolute Gasteiger partial charge is 0.496 e. The first kappa shape index (κ1) is 19.5. The van der Waals surface area contributed by atoms with Crippen LogP contribution in [0.4, 0.5) is 0 Å². The average Bonchev–Trinajstić information content (AvgIpc) is 3.11. The Morgan fingerprint density at radius 3 is 2.19 bits per heavy atom.